The average Bonchev–Trinajstić information content (AvgIpc) is 3.26. The maximum Gasteiger partial charge on any atom is 0.339 e. The highest BCUT2D eigenvalue weighted by atomic mass is 19.1. The van der Waals surface area contributed by atoms with Crippen molar-refractivity contribution < 1.29 is 23.5 Å². The van der Waals surface area contributed by atoms with Crippen LogP contribution in [0.25, 0.3) is 0 Å². The van der Waals surface area contributed by atoms with E-state index in [-0.39, 0.29) is 16.8 Å². The minimum Gasteiger partial charge on any atom is -0.466 e. The van der Waals surface area contributed by atoms with Gasteiger partial charge in [0.15, 0.2) is 5.54 Å². The third-order valence-corrected chi connectivity index (χ3v) is 6.31. The van der Waals surface area contributed by atoms with Gasteiger partial charge in [-0.05, 0) is 56.3 Å². The van der Waals surface area contributed by atoms with Gasteiger partial charge in [-0.25, -0.2) is 9.18 Å². The summed E-state index contributed by atoms with van der Waals surface area (Å²) < 4.78 is 19.6. The number of aryl methyl sites for hydroxylation is 2. The van der Waals surface area contributed by atoms with E-state index in [9.17, 15) is 18.8 Å². The fraction of sp³-hybridized carbons (Fsp3) is 0.148. The van der Waals surface area contributed by atoms with Crippen molar-refractivity contribution in [2.75, 3.05) is 22.6 Å². The Kier molecular flexibility index (Phi) is 5.16. The number of ether oxygens (including phenoxy) is 1. The van der Waals surface area contributed by atoms with E-state index in [1.165, 1.54) is 30.2 Å². The fourth-order valence-electron chi connectivity index (χ4n) is 4.65. The maximum atomic E-state index is 14.5. The molecule has 2 heterocycles. The van der Waals surface area contributed by atoms with Gasteiger partial charge in [0.2, 0.25) is 0 Å². The van der Waals surface area contributed by atoms with Crippen LogP contribution in [-0.4, -0.2) is 24.9 Å². The van der Waals surface area contributed by atoms with Crippen molar-refractivity contribution in [1.82, 2.24) is 0 Å². The number of rotatable bonds is 4. The van der Waals surface area contributed by atoms with Gasteiger partial charge in [-0.3, -0.25) is 14.5 Å². The van der Waals surface area contributed by atoms with Gasteiger partial charge in [0, 0.05) is 22.6 Å². The maximum absolute atomic E-state index is 14.5. The molecule has 0 saturated heterocycles. The van der Waals surface area contributed by atoms with Gasteiger partial charge in [-0.15, -0.1) is 0 Å². The van der Waals surface area contributed by atoms with E-state index in [1.54, 1.807) is 36.4 Å². The number of esters is 1. The second-order valence-corrected chi connectivity index (χ2v) is 8.56. The Labute approximate surface area is 201 Å². The van der Waals surface area contributed by atoms with Gasteiger partial charge in [-0.1, -0.05) is 35.4 Å². The van der Waals surface area contributed by atoms with Gasteiger partial charge in [0.05, 0.1) is 7.11 Å². The van der Waals surface area contributed by atoms with Crippen molar-refractivity contribution in [2.45, 2.75) is 19.4 Å². The molecule has 35 heavy (non-hydrogen) atoms. The van der Waals surface area contributed by atoms with Crippen molar-refractivity contribution in [3.05, 3.63) is 101 Å². The summed E-state index contributed by atoms with van der Waals surface area (Å²) in [5.74, 6) is -2.77. The van der Waals surface area contributed by atoms with E-state index in [4.69, 9.17) is 4.74 Å². The van der Waals surface area contributed by atoms with Crippen molar-refractivity contribution in [1.29, 1.82) is 0 Å². The normalized spacial score (nSPS) is 18.7. The van der Waals surface area contributed by atoms with Crippen LogP contribution in [0.5, 0.6) is 0 Å². The molecule has 176 valence electrons. The largest absolute Gasteiger partial charge is 0.466 e. The summed E-state index contributed by atoms with van der Waals surface area (Å²) in [4.78, 5) is 42.3. The number of hydrogen-bond acceptors (Lipinski definition) is 5. The summed E-state index contributed by atoms with van der Waals surface area (Å²) >= 11 is 0. The number of hydrogen-bond donors (Lipinski definition) is 2. The van der Waals surface area contributed by atoms with Gasteiger partial charge in [0.25, 0.3) is 11.8 Å². The molecule has 1 atom stereocenters. The Morgan fingerprint density at radius 3 is 2.23 bits per heavy atom. The first kappa shape index (κ1) is 22.3. The number of carbonyl (C=O) groups excluding carboxylic acids is 3. The molecule has 2 aliphatic heterocycles. The van der Waals surface area contributed by atoms with Crippen LogP contribution < -0.4 is 15.5 Å². The molecule has 8 heteroatoms. The van der Waals surface area contributed by atoms with Gasteiger partial charge < -0.3 is 15.4 Å². The van der Waals surface area contributed by atoms with E-state index < -0.39 is 29.1 Å². The third-order valence-electron chi connectivity index (χ3n) is 6.31. The Morgan fingerprint density at radius 1 is 0.971 bits per heavy atom. The molecule has 2 amide bonds. The molecular weight excluding hydrogens is 449 g/mol. The van der Waals surface area contributed by atoms with Crippen LogP contribution in [0.4, 0.5) is 21.5 Å². The molecule has 2 N–H and O–H groups in total. The molecule has 7 nitrogen and oxygen atoms in total. The summed E-state index contributed by atoms with van der Waals surface area (Å²) in [6.07, 6.45) is 0. The number of anilines is 3. The SMILES string of the molecule is COC(=O)C1=C(Nc2ccc(C)cc2)C(=O)N(c2ccc(C)cc2)C12C(=O)Nc1ccc(F)cc12. The topological polar surface area (TPSA) is 87.7 Å². The first-order valence-corrected chi connectivity index (χ1v) is 11.0. The number of nitrogens with one attached hydrogen (secondary N) is 2. The fourth-order valence-corrected chi connectivity index (χ4v) is 4.65. The number of carbonyl (C=O) groups is 3. The van der Waals surface area contributed by atoms with Crippen LogP contribution >= 0.6 is 0 Å². The Bertz CT molecular complexity index is 1410. The van der Waals surface area contributed by atoms with Crippen LogP contribution in [0.3, 0.4) is 0 Å². The number of benzene rings is 3. The van der Waals surface area contributed by atoms with Gasteiger partial charge >= 0.3 is 5.97 Å². The smallest absolute Gasteiger partial charge is 0.339 e. The molecule has 2 aliphatic rings. The zero-order valence-corrected chi connectivity index (χ0v) is 19.3. The molecule has 0 fully saturated rings. The minimum absolute atomic E-state index is 0.117. The van der Waals surface area contributed by atoms with Gasteiger partial charge in [0.1, 0.15) is 17.1 Å². The highest BCUT2D eigenvalue weighted by Gasteiger charge is 2.64. The lowest BCUT2D eigenvalue weighted by Gasteiger charge is -2.34. The molecule has 0 bridgehead atoms. The Balaban J connectivity index is 1.82. The van der Waals surface area contributed by atoms with Crippen LogP contribution in [0.15, 0.2) is 78.0 Å². The predicted molar refractivity (Wildman–Crippen MR) is 129 cm³/mol. The van der Waals surface area contributed by atoms with E-state index in [1.807, 2.05) is 26.0 Å². The standard InChI is InChI=1S/C27H22FN3O4/c1-15-4-9-18(10-5-15)29-23-22(25(33)35-3)27(20-14-17(28)8-13-21(20)30-26(27)34)31(24(23)32)19-11-6-16(2)7-12-19/h4-14,29H,1-3H3,(H,30,34). The van der Waals surface area contributed by atoms with Crippen LogP contribution in [0.2, 0.25) is 0 Å². The highest BCUT2D eigenvalue weighted by Crippen LogP contribution is 2.53. The van der Waals surface area contributed by atoms with E-state index in [0.29, 0.717) is 17.1 Å². The number of amides is 2. The molecule has 0 aromatic heterocycles. The Morgan fingerprint density at radius 2 is 1.60 bits per heavy atom. The zero-order valence-electron chi connectivity index (χ0n) is 19.3. The molecule has 0 saturated carbocycles. The zero-order chi connectivity index (χ0) is 24.9. The summed E-state index contributed by atoms with van der Waals surface area (Å²) in [5.41, 5.74) is 1.01. The third kappa shape index (κ3) is 3.29. The molecule has 1 spiro atoms. The Hall–Kier alpha value is -4.46. The first-order valence-electron chi connectivity index (χ1n) is 11.0. The van der Waals surface area contributed by atoms with Gasteiger partial charge in [-0.2, -0.15) is 0 Å². The molecular formula is C27H22FN3O4. The second kappa shape index (κ2) is 8.09. The molecule has 0 aliphatic carbocycles. The molecule has 0 radical (unpaired) electrons. The van der Waals surface area contributed by atoms with E-state index in [0.717, 1.165) is 11.1 Å². The predicted octanol–water partition coefficient (Wildman–Crippen LogP) is 4.18. The van der Waals surface area contributed by atoms with Crippen LogP contribution in [0, 0.1) is 19.7 Å². The lowest BCUT2D eigenvalue weighted by atomic mass is 9.83. The first-order chi connectivity index (χ1) is 16.8. The number of nitrogens with zero attached hydrogens (tertiary/aromatic N) is 1. The van der Waals surface area contributed by atoms with E-state index >= 15 is 0 Å². The summed E-state index contributed by atoms with van der Waals surface area (Å²) in [6, 6.07) is 17.9. The quantitative estimate of drug-likeness (QED) is 0.558. The van der Waals surface area contributed by atoms with Crippen molar-refractivity contribution in [3.8, 4) is 0 Å². The van der Waals surface area contributed by atoms with Crippen molar-refractivity contribution in [2.24, 2.45) is 0 Å². The van der Waals surface area contributed by atoms with Crippen molar-refractivity contribution >= 4 is 34.8 Å². The highest BCUT2D eigenvalue weighted by molar-refractivity contribution is 6.29. The number of fused-ring (bicyclic) bond motifs is 2. The molecule has 1 unspecified atom stereocenters. The number of methoxy groups -OCH3 is 1. The molecule has 5 rings (SSSR count). The van der Waals surface area contributed by atoms with Crippen molar-refractivity contribution in [3.63, 3.8) is 0 Å². The monoisotopic (exact) mass is 471 g/mol. The summed E-state index contributed by atoms with van der Waals surface area (Å²) in [7, 11) is 1.17. The van der Waals surface area contributed by atoms with Crippen LogP contribution in [-0.2, 0) is 24.7 Å². The lowest BCUT2D eigenvalue weighted by Crippen LogP contribution is -2.52. The summed E-state index contributed by atoms with van der Waals surface area (Å²) in [5, 5.41) is 5.75. The number of halogens is 1. The molecule has 3 aromatic rings. The van der Waals surface area contributed by atoms with E-state index in [2.05, 4.69) is 10.6 Å². The second-order valence-electron chi connectivity index (χ2n) is 8.56. The summed E-state index contributed by atoms with van der Waals surface area (Å²) in [6.45, 7) is 3.81. The van der Waals surface area contributed by atoms with Crippen LogP contribution in [0.1, 0.15) is 16.7 Å². The lowest BCUT2D eigenvalue weighted by molar-refractivity contribution is -0.138. The molecule has 3 aromatic carbocycles. The minimum atomic E-state index is -1.97. The average molecular weight is 471 g/mol.